The predicted molar refractivity (Wildman–Crippen MR) is 75.0 cm³/mol. The van der Waals surface area contributed by atoms with Crippen molar-refractivity contribution in [2.45, 2.75) is 6.54 Å². The minimum Gasteiger partial charge on any atom is -0.508 e. The summed E-state index contributed by atoms with van der Waals surface area (Å²) in [4.78, 5) is 0. The van der Waals surface area contributed by atoms with E-state index in [4.69, 9.17) is 9.47 Å². The van der Waals surface area contributed by atoms with Gasteiger partial charge in [-0.2, -0.15) is 0 Å². The van der Waals surface area contributed by atoms with E-state index in [-0.39, 0.29) is 5.75 Å². The van der Waals surface area contributed by atoms with Crippen LogP contribution in [0.15, 0.2) is 42.5 Å². The summed E-state index contributed by atoms with van der Waals surface area (Å²) < 4.78 is 10.5. The Morgan fingerprint density at radius 2 is 1.89 bits per heavy atom. The molecule has 100 valence electrons. The van der Waals surface area contributed by atoms with Crippen LogP contribution in [-0.2, 0) is 6.54 Å². The molecule has 0 bridgehead atoms. The highest BCUT2D eigenvalue weighted by Crippen LogP contribution is 2.29. The maximum absolute atomic E-state index is 9.41. The number of hydrogen-bond acceptors (Lipinski definition) is 4. The van der Waals surface area contributed by atoms with E-state index in [0.717, 1.165) is 22.7 Å². The second kappa shape index (κ2) is 6.00. The molecule has 0 radical (unpaired) electrons. The summed E-state index contributed by atoms with van der Waals surface area (Å²) in [7, 11) is 3.24. The Labute approximate surface area is 112 Å². The molecule has 0 aromatic heterocycles. The lowest BCUT2D eigenvalue weighted by Crippen LogP contribution is -2.01. The highest BCUT2D eigenvalue weighted by molar-refractivity contribution is 5.59. The molecule has 2 rings (SSSR count). The summed E-state index contributed by atoms with van der Waals surface area (Å²) in [5.74, 6) is 1.74. The molecule has 0 fully saturated rings. The maximum Gasteiger partial charge on any atom is 0.145 e. The summed E-state index contributed by atoms with van der Waals surface area (Å²) in [5, 5.41) is 12.7. The number of anilines is 1. The molecule has 0 atom stereocenters. The first-order chi connectivity index (χ1) is 9.22. The fourth-order valence-electron chi connectivity index (χ4n) is 1.81. The zero-order chi connectivity index (χ0) is 13.7. The zero-order valence-electron chi connectivity index (χ0n) is 11.0. The molecule has 4 heteroatoms. The van der Waals surface area contributed by atoms with Crippen LogP contribution >= 0.6 is 0 Å². The largest absolute Gasteiger partial charge is 0.508 e. The number of phenolic OH excluding ortho intramolecular Hbond substituents is 1. The van der Waals surface area contributed by atoms with E-state index >= 15 is 0 Å². The number of phenols is 1. The lowest BCUT2D eigenvalue weighted by Gasteiger charge is -2.12. The number of rotatable bonds is 5. The molecule has 4 nitrogen and oxygen atoms in total. The smallest absolute Gasteiger partial charge is 0.145 e. The normalized spacial score (nSPS) is 10.0. The van der Waals surface area contributed by atoms with Gasteiger partial charge in [-0.15, -0.1) is 0 Å². The number of benzene rings is 2. The monoisotopic (exact) mass is 259 g/mol. The standard InChI is InChI=1S/C15H17NO3/c1-18-13-6-7-14(15(9-13)19-2)16-10-11-4-3-5-12(17)8-11/h3-9,16-17H,10H2,1-2H3. The van der Waals surface area contributed by atoms with Gasteiger partial charge in [-0.05, 0) is 29.8 Å². The molecule has 2 aromatic rings. The van der Waals surface area contributed by atoms with Crippen LogP contribution in [0.2, 0.25) is 0 Å². The van der Waals surface area contributed by atoms with Crippen molar-refractivity contribution in [1.82, 2.24) is 0 Å². The maximum atomic E-state index is 9.41. The lowest BCUT2D eigenvalue weighted by atomic mass is 10.2. The molecule has 2 N–H and O–H groups in total. The molecule has 19 heavy (non-hydrogen) atoms. The lowest BCUT2D eigenvalue weighted by molar-refractivity contribution is 0.395. The fourth-order valence-corrected chi connectivity index (χ4v) is 1.81. The topological polar surface area (TPSA) is 50.7 Å². The summed E-state index contributed by atoms with van der Waals surface area (Å²) >= 11 is 0. The Balaban J connectivity index is 2.11. The first-order valence-electron chi connectivity index (χ1n) is 5.96. The molecule has 0 aliphatic carbocycles. The summed E-state index contributed by atoms with van der Waals surface area (Å²) in [6.45, 7) is 0.608. The fraction of sp³-hybridized carbons (Fsp3) is 0.200. The second-order valence-corrected chi connectivity index (χ2v) is 4.09. The van der Waals surface area contributed by atoms with Crippen molar-refractivity contribution in [3.05, 3.63) is 48.0 Å². The summed E-state index contributed by atoms with van der Waals surface area (Å²) in [6.07, 6.45) is 0. The van der Waals surface area contributed by atoms with Gasteiger partial charge in [0, 0.05) is 12.6 Å². The Kier molecular flexibility index (Phi) is 4.13. The summed E-state index contributed by atoms with van der Waals surface area (Å²) in [6, 6.07) is 12.7. The third kappa shape index (κ3) is 3.31. The molecule has 2 aromatic carbocycles. The molecule has 0 aliphatic heterocycles. The predicted octanol–water partition coefficient (Wildman–Crippen LogP) is 3.02. The van der Waals surface area contributed by atoms with Gasteiger partial charge in [0.05, 0.1) is 19.9 Å². The van der Waals surface area contributed by atoms with Gasteiger partial charge in [-0.3, -0.25) is 0 Å². The molecule has 0 spiro atoms. The molecule has 0 heterocycles. The number of ether oxygens (including phenoxy) is 2. The number of aromatic hydroxyl groups is 1. The first kappa shape index (κ1) is 13.1. The van der Waals surface area contributed by atoms with Gasteiger partial charge in [0.25, 0.3) is 0 Å². The van der Waals surface area contributed by atoms with Crippen molar-refractivity contribution in [3.8, 4) is 17.2 Å². The molecule has 0 saturated carbocycles. The highest BCUT2D eigenvalue weighted by atomic mass is 16.5. The van der Waals surface area contributed by atoms with E-state index < -0.39 is 0 Å². The Hall–Kier alpha value is -2.36. The average Bonchev–Trinajstić information content (AvgIpc) is 2.45. The van der Waals surface area contributed by atoms with Crippen molar-refractivity contribution in [1.29, 1.82) is 0 Å². The SMILES string of the molecule is COc1ccc(NCc2cccc(O)c2)c(OC)c1. The van der Waals surface area contributed by atoms with E-state index in [2.05, 4.69) is 5.32 Å². The molecular formula is C15H17NO3. The third-order valence-electron chi connectivity index (χ3n) is 2.80. The van der Waals surface area contributed by atoms with Crippen LogP contribution in [0.3, 0.4) is 0 Å². The average molecular weight is 259 g/mol. The van der Waals surface area contributed by atoms with Gasteiger partial charge in [-0.25, -0.2) is 0 Å². The van der Waals surface area contributed by atoms with Gasteiger partial charge in [0.2, 0.25) is 0 Å². The molecular weight excluding hydrogens is 242 g/mol. The minimum absolute atomic E-state index is 0.265. The summed E-state index contributed by atoms with van der Waals surface area (Å²) in [5.41, 5.74) is 1.88. The van der Waals surface area contributed by atoms with E-state index in [9.17, 15) is 5.11 Å². The van der Waals surface area contributed by atoms with Crippen molar-refractivity contribution in [2.24, 2.45) is 0 Å². The zero-order valence-corrected chi connectivity index (χ0v) is 11.0. The minimum atomic E-state index is 0.265. The molecule has 0 amide bonds. The van der Waals surface area contributed by atoms with Gasteiger partial charge >= 0.3 is 0 Å². The number of methoxy groups -OCH3 is 2. The Morgan fingerprint density at radius 3 is 2.58 bits per heavy atom. The van der Waals surface area contributed by atoms with Crippen LogP contribution in [0.25, 0.3) is 0 Å². The first-order valence-corrected chi connectivity index (χ1v) is 5.96. The van der Waals surface area contributed by atoms with E-state index in [1.807, 2.05) is 30.3 Å². The van der Waals surface area contributed by atoms with Crippen LogP contribution in [-0.4, -0.2) is 19.3 Å². The van der Waals surface area contributed by atoms with Crippen molar-refractivity contribution < 1.29 is 14.6 Å². The Bertz CT molecular complexity index is 555. The third-order valence-corrected chi connectivity index (χ3v) is 2.80. The second-order valence-electron chi connectivity index (χ2n) is 4.09. The Morgan fingerprint density at radius 1 is 1.05 bits per heavy atom. The van der Waals surface area contributed by atoms with E-state index in [0.29, 0.717) is 6.54 Å². The van der Waals surface area contributed by atoms with Crippen molar-refractivity contribution in [3.63, 3.8) is 0 Å². The van der Waals surface area contributed by atoms with Gasteiger partial charge in [0.15, 0.2) is 0 Å². The van der Waals surface area contributed by atoms with Crippen LogP contribution in [0, 0.1) is 0 Å². The van der Waals surface area contributed by atoms with Crippen LogP contribution in [0.5, 0.6) is 17.2 Å². The quantitative estimate of drug-likeness (QED) is 0.866. The number of nitrogens with one attached hydrogen (secondary N) is 1. The number of hydrogen-bond donors (Lipinski definition) is 2. The van der Waals surface area contributed by atoms with Gasteiger partial charge in [-0.1, -0.05) is 12.1 Å². The van der Waals surface area contributed by atoms with Crippen molar-refractivity contribution >= 4 is 5.69 Å². The van der Waals surface area contributed by atoms with Crippen LogP contribution in [0.1, 0.15) is 5.56 Å². The van der Waals surface area contributed by atoms with Crippen LogP contribution < -0.4 is 14.8 Å². The van der Waals surface area contributed by atoms with Gasteiger partial charge in [0.1, 0.15) is 17.2 Å². The van der Waals surface area contributed by atoms with E-state index in [1.165, 1.54) is 0 Å². The van der Waals surface area contributed by atoms with Crippen LogP contribution in [0.4, 0.5) is 5.69 Å². The van der Waals surface area contributed by atoms with Gasteiger partial charge < -0.3 is 19.9 Å². The molecule has 0 unspecified atom stereocenters. The van der Waals surface area contributed by atoms with E-state index in [1.54, 1.807) is 26.4 Å². The molecule has 0 saturated heterocycles. The molecule has 0 aliphatic rings. The highest BCUT2D eigenvalue weighted by Gasteiger charge is 2.04. The van der Waals surface area contributed by atoms with Crippen molar-refractivity contribution in [2.75, 3.05) is 19.5 Å².